The van der Waals surface area contributed by atoms with E-state index in [4.69, 9.17) is 55.0 Å². The Balaban J connectivity index is 0.000000479. The van der Waals surface area contributed by atoms with Crippen LogP contribution < -0.4 is 0 Å². The molecule has 0 aromatic rings. The van der Waals surface area contributed by atoms with Crippen LogP contribution in [0.5, 0.6) is 0 Å². The molecule has 7 unspecified atom stereocenters. The van der Waals surface area contributed by atoms with Gasteiger partial charge < -0.3 is 72.9 Å². The van der Waals surface area contributed by atoms with Crippen LogP contribution in [0.25, 0.3) is 0 Å². The molecule has 0 spiro atoms. The van der Waals surface area contributed by atoms with Crippen LogP contribution in [0.2, 0.25) is 0 Å². The van der Waals surface area contributed by atoms with Gasteiger partial charge in [0.15, 0.2) is 0 Å². The maximum Gasteiger partial charge on any atom is 0.222 e. The number of quaternary nitrogens is 9. The number of hydrogen-bond acceptors (Lipinski definition) is 9. The van der Waals surface area contributed by atoms with Gasteiger partial charge in [0, 0.05) is 83.5 Å². The number of nitrogens with zero attached hydrogens (tertiary/aromatic N) is 9. The third-order valence-corrected chi connectivity index (χ3v) is 19.9. The van der Waals surface area contributed by atoms with Crippen molar-refractivity contribution in [2.24, 2.45) is 0 Å². The Morgan fingerprint density at radius 1 is 0.400 bits per heavy atom. The second-order valence-corrected chi connectivity index (χ2v) is 29.9. The van der Waals surface area contributed by atoms with E-state index in [9.17, 15) is 23.4 Å². The highest BCUT2D eigenvalue weighted by Crippen LogP contribution is 2.30. The van der Waals surface area contributed by atoms with Gasteiger partial charge in [-0.15, -0.1) is 19.3 Å². The number of aliphatic hydroxyl groups excluding tert-OH is 9. The zero-order chi connectivity index (χ0) is 65.0. The van der Waals surface area contributed by atoms with Gasteiger partial charge in [-0.3, -0.25) is 13.4 Å². The van der Waals surface area contributed by atoms with Gasteiger partial charge in [0.05, 0.1) is 169 Å². The fraction of sp³-hybridized carbons (Fsp3) is 0.906. The molecule has 0 radical (unpaired) electrons. The van der Waals surface area contributed by atoms with E-state index in [1.54, 1.807) is 0 Å². The van der Waals surface area contributed by atoms with E-state index < -0.39 is 0 Å². The molecule has 0 aromatic heterocycles. The maximum absolute atomic E-state index is 12.4. The van der Waals surface area contributed by atoms with Crippen molar-refractivity contribution >= 4 is 0 Å². The van der Waals surface area contributed by atoms with Crippen LogP contribution in [0.15, 0.2) is 0 Å². The first-order valence-corrected chi connectivity index (χ1v) is 31.9. The van der Waals surface area contributed by atoms with Crippen LogP contribution in [0, 0.1) is 37.0 Å². The van der Waals surface area contributed by atoms with Crippen LogP contribution in [-0.4, -0.2) is 384 Å². The second-order valence-electron chi connectivity index (χ2n) is 29.9. The normalized spacial score (nSPS) is 37.1. The molecule has 8 aliphatic heterocycles. The first-order chi connectivity index (χ1) is 39.5. The van der Waals surface area contributed by atoms with Gasteiger partial charge in [0.1, 0.15) is 108 Å². The molecule has 14 atom stereocenters. The third-order valence-electron chi connectivity index (χ3n) is 19.9. The summed E-state index contributed by atoms with van der Waals surface area (Å²) in [4.78, 5) is 0. The molecule has 498 valence electrons. The molecule has 1 aliphatic carbocycles. The molecule has 0 amide bonds. The molecule has 8 saturated heterocycles. The molecule has 9 rings (SSSR count). The molecule has 21 heteroatoms. The van der Waals surface area contributed by atoms with Crippen molar-refractivity contribution in [1.29, 1.82) is 0 Å². The van der Waals surface area contributed by atoms with E-state index in [-0.39, 0.29) is 70.2 Å². The number of rotatable bonds is 12. The standard InChI is InChI=1S/C9H16NO.2C8H14NO.C7H15FNO.2C7H16NO.2C6H13FNO.C6H14NO/c1-3-6-10(2)7-4-5-9(10)8-11;2*1-3-5-9(2)6-4-8(10)7-9;1-9(6-8)4-2-3-7(9)5-10;1-8(2,5-6-9)7-3-4-7;1-8(2)5-3-4-7(8)6-9;2*1-8(5-7)3-2-6(9)4-8;1-7(2)4-3-6(8)5-7/h1,9,11H,4-8H2,2H3;2*1,8,10H,4-7H2,2H3;7,10H,2-6H2,1H3;2*7,9H,3-6H2,1-2H3;2*6,9H,2-5H2,1H3;6,8H,3-5H2,1-2H3/q9*+1/t9-,10?;2*8-,9?;7-,9?;;;2*6-,8?;6-/m0100..101/s1. The fourth-order valence-corrected chi connectivity index (χ4v) is 13.1. The summed E-state index contributed by atoms with van der Waals surface area (Å²) >= 11 is 0. The fourth-order valence-electron chi connectivity index (χ4n) is 13.1. The van der Waals surface area contributed by atoms with Gasteiger partial charge in [-0.25, -0.2) is 0 Å². The quantitative estimate of drug-likeness (QED) is 0.0781. The van der Waals surface area contributed by atoms with Crippen LogP contribution in [0.3, 0.4) is 0 Å². The molecular weight excluding hydrogens is 1100 g/mol. The monoisotopic (exact) mass is 1230 g/mol. The van der Waals surface area contributed by atoms with E-state index >= 15 is 0 Å². The summed E-state index contributed by atoms with van der Waals surface area (Å²) < 4.78 is 43.4. The summed E-state index contributed by atoms with van der Waals surface area (Å²) in [5.74, 6) is 7.94. The lowest BCUT2D eigenvalue weighted by molar-refractivity contribution is -0.933. The molecule has 9 fully saturated rings. The van der Waals surface area contributed by atoms with Crippen LogP contribution in [0.1, 0.15) is 83.5 Å². The van der Waals surface area contributed by atoms with Crippen LogP contribution >= 0.6 is 0 Å². The largest absolute Gasteiger partial charge is 0.391 e. The van der Waals surface area contributed by atoms with E-state index in [2.05, 4.69) is 81.2 Å². The van der Waals surface area contributed by atoms with Gasteiger partial charge in [0.25, 0.3) is 0 Å². The summed E-state index contributed by atoms with van der Waals surface area (Å²) in [7, 11) is 24.9. The summed E-state index contributed by atoms with van der Waals surface area (Å²) in [6.45, 7) is 14.9. The van der Waals surface area contributed by atoms with Gasteiger partial charge in [-0.2, -0.15) is 13.2 Å². The number of aliphatic hydroxyl groups is 9. The van der Waals surface area contributed by atoms with E-state index in [0.717, 1.165) is 176 Å². The molecule has 0 aromatic carbocycles. The lowest BCUT2D eigenvalue weighted by Crippen LogP contribution is -2.49. The summed E-state index contributed by atoms with van der Waals surface area (Å²) in [5, 5.41) is 80.9. The maximum atomic E-state index is 12.4. The molecule has 1 saturated carbocycles. The highest BCUT2D eigenvalue weighted by Gasteiger charge is 2.40. The van der Waals surface area contributed by atoms with Gasteiger partial charge in [-0.05, 0) is 17.8 Å². The molecular formula is C64H131F3N9O9+9. The minimum atomic E-state index is -0.350. The Morgan fingerprint density at radius 3 is 0.965 bits per heavy atom. The van der Waals surface area contributed by atoms with Crippen molar-refractivity contribution in [3.63, 3.8) is 0 Å². The van der Waals surface area contributed by atoms with Gasteiger partial charge in [0.2, 0.25) is 20.4 Å². The molecule has 9 aliphatic rings. The zero-order valence-corrected chi connectivity index (χ0v) is 55.8. The van der Waals surface area contributed by atoms with Crippen LogP contribution in [-0.2, 0) is 0 Å². The lowest BCUT2D eigenvalue weighted by atomic mass is 10.2. The highest BCUT2D eigenvalue weighted by molar-refractivity contribution is 4.86. The second kappa shape index (κ2) is 37.8. The van der Waals surface area contributed by atoms with E-state index in [1.165, 1.54) is 38.6 Å². The number of likely N-dealkylation sites (N-methyl/N-ethyl adjacent to an activating group) is 9. The molecule has 85 heavy (non-hydrogen) atoms. The number of alkyl halides is 3. The number of halogens is 3. The predicted molar refractivity (Wildman–Crippen MR) is 334 cm³/mol. The minimum absolute atomic E-state index is 0.0370. The average molecular weight is 1230 g/mol. The topological polar surface area (TPSA) is 182 Å². The van der Waals surface area contributed by atoms with Crippen molar-refractivity contribution < 1.29 is 99.5 Å². The first-order valence-electron chi connectivity index (χ1n) is 31.9. The minimum Gasteiger partial charge on any atom is -0.391 e. The van der Waals surface area contributed by atoms with Gasteiger partial charge in [-0.1, -0.05) is 0 Å². The Kier molecular flexibility index (Phi) is 35.9. The molecule has 0 bridgehead atoms. The number of likely N-dealkylation sites (tertiary alicyclic amines) is 8. The Bertz CT molecular complexity index is 1910. The average Bonchev–Trinajstić information content (AvgIpc) is 4.28. The van der Waals surface area contributed by atoms with Crippen molar-refractivity contribution in [2.45, 2.75) is 138 Å². The molecule has 8 heterocycles. The highest BCUT2D eigenvalue weighted by atomic mass is 19.1. The Morgan fingerprint density at radius 2 is 0.741 bits per heavy atom. The first kappa shape index (κ1) is 80.8. The summed E-state index contributed by atoms with van der Waals surface area (Å²) in [5.41, 5.74) is 0. The van der Waals surface area contributed by atoms with E-state index in [1.807, 2.05) is 21.1 Å². The van der Waals surface area contributed by atoms with Crippen LogP contribution in [0.4, 0.5) is 13.2 Å². The lowest BCUT2D eigenvalue weighted by Gasteiger charge is -2.33. The molecule has 18 nitrogen and oxygen atoms in total. The molecule has 9 N–H and O–H groups in total. The summed E-state index contributed by atoms with van der Waals surface area (Å²) in [6.07, 6.45) is 28.6. The van der Waals surface area contributed by atoms with Crippen molar-refractivity contribution in [3.8, 4) is 37.0 Å². The van der Waals surface area contributed by atoms with Crippen molar-refractivity contribution in [3.05, 3.63) is 0 Å². The SMILES string of the molecule is C#CC[N+]1(C)CCC[C@H]1CO.C#CC[N+]1(C)CC[C@@H](O)C1.C#CC[N+]1(C)CC[C@H](O)C1.C[N+](C)(CCO)C1CC1.C[N+]1(C)CCCC1CO.C[N+]1(C)CC[C@@H](O)C1.C[N+]1(CF)CCC[C@H]1CO.C[N+]1(CF)CC[C@@H](O)C1.C[N+]1(CF)CC[C@H](O)C1. The smallest absolute Gasteiger partial charge is 0.222 e. The van der Waals surface area contributed by atoms with Crippen molar-refractivity contribution in [2.75, 3.05) is 243 Å². The number of hydrogen-bond donors (Lipinski definition) is 9. The Labute approximate surface area is 515 Å². The number of terminal acetylenes is 3. The van der Waals surface area contributed by atoms with Crippen molar-refractivity contribution in [1.82, 2.24) is 0 Å². The predicted octanol–water partition coefficient (Wildman–Crippen LogP) is 0.909. The third kappa shape index (κ3) is 30.0. The summed E-state index contributed by atoms with van der Waals surface area (Å²) in [6, 6.07) is 1.87. The van der Waals surface area contributed by atoms with E-state index in [0.29, 0.717) is 51.8 Å². The van der Waals surface area contributed by atoms with Gasteiger partial charge >= 0.3 is 0 Å². The Hall–Kier alpha value is -2.25. The zero-order valence-electron chi connectivity index (χ0n) is 55.8.